The topological polar surface area (TPSA) is 30.9 Å². The van der Waals surface area contributed by atoms with Crippen LogP contribution in [0, 0.1) is 0 Å². The van der Waals surface area contributed by atoms with Gasteiger partial charge in [-0.1, -0.05) is 12.5 Å². The summed E-state index contributed by atoms with van der Waals surface area (Å²) >= 11 is 0. The van der Waals surface area contributed by atoms with Gasteiger partial charge in [0.1, 0.15) is 0 Å². The van der Waals surface area contributed by atoms with Gasteiger partial charge >= 0.3 is 0 Å². The number of piperidine rings is 1. The minimum absolute atomic E-state index is 0.631. The van der Waals surface area contributed by atoms with Crippen molar-refractivity contribution in [3.63, 3.8) is 0 Å². The minimum Gasteiger partial charge on any atom is -0.493 e. The summed E-state index contributed by atoms with van der Waals surface area (Å²) in [6.07, 6.45) is 7.87. The number of hydrogen-bond acceptors (Lipinski definition) is 4. The van der Waals surface area contributed by atoms with Crippen molar-refractivity contribution < 1.29 is 14.2 Å². The van der Waals surface area contributed by atoms with Gasteiger partial charge in [-0.2, -0.15) is 0 Å². The Hall–Kier alpha value is -1.26. The van der Waals surface area contributed by atoms with Crippen LogP contribution in [0.3, 0.4) is 0 Å². The van der Waals surface area contributed by atoms with Gasteiger partial charge in [0.2, 0.25) is 0 Å². The highest BCUT2D eigenvalue weighted by Crippen LogP contribution is 2.27. The predicted molar refractivity (Wildman–Crippen MR) is 93.3 cm³/mol. The maximum Gasteiger partial charge on any atom is 0.161 e. The zero-order valence-corrected chi connectivity index (χ0v) is 14.7. The molecule has 1 aromatic rings. The Morgan fingerprint density at radius 2 is 1.70 bits per heavy atom. The molecule has 23 heavy (non-hydrogen) atoms. The van der Waals surface area contributed by atoms with Crippen molar-refractivity contribution in [3.8, 4) is 11.5 Å². The van der Waals surface area contributed by atoms with E-state index in [1.54, 1.807) is 14.2 Å². The molecular weight excluding hydrogens is 290 g/mol. The zero-order chi connectivity index (χ0) is 16.3. The van der Waals surface area contributed by atoms with Crippen molar-refractivity contribution >= 4 is 0 Å². The van der Waals surface area contributed by atoms with E-state index in [0.29, 0.717) is 6.61 Å². The van der Waals surface area contributed by atoms with Gasteiger partial charge in [0.05, 0.1) is 20.8 Å². The van der Waals surface area contributed by atoms with Crippen molar-refractivity contribution in [2.24, 2.45) is 0 Å². The van der Waals surface area contributed by atoms with E-state index >= 15 is 0 Å². The molecule has 0 bridgehead atoms. The smallest absolute Gasteiger partial charge is 0.161 e. The molecule has 0 spiro atoms. The summed E-state index contributed by atoms with van der Waals surface area (Å²) in [5, 5.41) is 0. The normalized spacial score (nSPS) is 15.6. The molecule has 1 heterocycles. The van der Waals surface area contributed by atoms with Crippen LogP contribution in [0.1, 0.15) is 44.1 Å². The largest absolute Gasteiger partial charge is 0.493 e. The van der Waals surface area contributed by atoms with E-state index < -0.39 is 0 Å². The Morgan fingerprint density at radius 1 is 0.913 bits per heavy atom. The molecule has 0 amide bonds. The maximum atomic E-state index is 5.77. The van der Waals surface area contributed by atoms with Crippen molar-refractivity contribution in [1.82, 2.24) is 4.90 Å². The number of hydrogen-bond donors (Lipinski definition) is 0. The fourth-order valence-electron chi connectivity index (χ4n) is 3.06. The van der Waals surface area contributed by atoms with Crippen molar-refractivity contribution in [1.29, 1.82) is 0 Å². The molecule has 1 aliphatic heterocycles. The molecule has 0 atom stereocenters. The third-order valence-corrected chi connectivity index (χ3v) is 4.43. The summed E-state index contributed by atoms with van der Waals surface area (Å²) in [5.41, 5.74) is 1.12. The van der Waals surface area contributed by atoms with Gasteiger partial charge in [0.15, 0.2) is 11.5 Å². The molecule has 0 radical (unpaired) electrons. The van der Waals surface area contributed by atoms with E-state index in [2.05, 4.69) is 4.90 Å². The van der Waals surface area contributed by atoms with Crippen LogP contribution >= 0.6 is 0 Å². The lowest BCUT2D eigenvalue weighted by molar-refractivity contribution is 0.115. The third-order valence-electron chi connectivity index (χ3n) is 4.43. The number of nitrogens with zero attached hydrogens (tertiary/aromatic N) is 1. The van der Waals surface area contributed by atoms with E-state index in [4.69, 9.17) is 14.2 Å². The average Bonchev–Trinajstić information content (AvgIpc) is 2.61. The van der Waals surface area contributed by atoms with Gasteiger partial charge in [-0.05, 0) is 69.4 Å². The number of rotatable bonds is 10. The van der Waals surface area contributed by atoms with Gasteiger partial charge in [-0.25, -0.2) is 0 Å². The summed E-state index contributed by atoms with van der Waals surface area (Å²) in [4.78, 5) is 2.61. The first-order valence-corrected chi connectivity index (χ1v) is 8.84. The Labute approximate surface area is 140 Å². The molecule has 1 aliphatic rings. The van der Waals surface area contributed by atoms with Crippen LogP contribution in [0.15, 0.2) is 18.2 Å². The van der Waals surface area contributed by atoms with E-state index in [0.717, 1.165) is 30.1 Å². The molecule has 0 aliphatic carbocycles. The highest BCUT2D eigenvalue weighted by molar-refractivity contribution is 5.42. The Balaban J connectivity index is 1.55. The summed E-state index contributed by atoms with van der Waals surface area (Å²) < 4.78 is 16.3. The molecule has 1 fully saturated rings. The average molecular weight is 321 g/mol. The SMILES string of the molecule is COc1ccc(COCCCCCN2CCCCC2)cc1OC. The van der Waals surface area contributed by atoms with Gasteiger partial charge in [-0.3, -0.25) is 0 Å². The maximum absolute atomic E-state index is 5.77. The second-order valence-electron chi connectivity index (χ2n) is 6.20. The van der Waals surface area contributed by atoms with Crippen LogP contribution < -0.4 is 9.47 Å². The Morgan fingerprint density at radius 3 is 2.43 bits per heavy atom. The number of ether oxygens (including phenoxy) is 3. The van der Waals surface area contributed by atoms with Crippen LogP contribution in [0.25, 0.3) is 0 Å². The Bertz CT molecular complexity index is 444. The van der Waals surface area contributed by atoms with Crippen LogP contribution in [0.4, 0.5) is 0 Å². The van der Waals surface area contributed by atoms with Crippen LogP contribution in [0.5, 0.6) is 11.5 Å². The molecule has 0 unspecified atom stereocenters. The fourth-order valence-corrected chi connectivity index (χ4v) is 3.06. The lowest BCUT2D eigenvalue weighted by atomic mass is 10.1. The van der Waals surface area contributed by atoms with Crippen molar-refractivity contribution in [2.45, 2.75) is 45.1 Å². The quantitative estimate of drug-likeness (QED) is 0.612. The lowest BCUT2D eigenvalue weighted by Crippen LogP contribution is -2.30. The Kier molecular flexibility index (Phi) is 8.26. The van der Waals surface area contributed by atoms with Crippen LogP contribution in [0.2, 0.25) is 0 Å². The van der Waals surface area contributed by atoms with Crippen molar-refractivity contribution in [3.05, 3.63) is 23.8 Å². The zero-order valence-electron chi connectivity index (χ0n) is 14.7. The molecule has 1 saturated heterocycles. The van der Waals surface area contributed by atoms with Crippen LogP contribution in [-0.2, 0) is 11.3 Å². The monoisotopic (exact) mass is 321 g/mol. The molecule has 0 N–H and O–H groups in total. The summed E-state index contributed by atoms with van der Waals surface area (Å²) in [6, 6.07) is 5.93. The van der Waals surface area contributed by atoms with E-state index in [-0.39, 0.29) is 0 Å². The van der Waals surface area contributed by atoms with E-state index in [9.17, 15) is 0 Å². The molecule has 4 nitrogen and oxygen atoms in total. The number of benzene rings is 1. The summed E-state index contributed by atoms with van der Waals surface area (Å²) in [7, 11) is 3.31. The van der Waals surface area contributed by atoms with Gasteiger partial charge in [0, 0.05) is 6.61 Å². The van der Waals surface area contributed by atoms with Crippen molar-refractivity contribution in [2.75, 3.05) is 40.5 Å². The highest BCUT2D eigenvalue weighted by atomic mass is 16.5. The standard InChI is InChI=1S/C19H31NO3/c1-21-18-10-9-17(15-19(18)22-2)16-23-14-8-4-7-13-20-11-5-3-6-12-20/h9-10,15H,3-8,11-14,16H2,1-2H3. The number of methoxy groups -OCH3 is 2. The second kappa shape index (κ2) is 10.5. The second-order valence-corrected chi connectivity index (χ2v) is 6.20. The molecular formula is C19H31NO3. The number of likely N-dealkylation sites (tertiary alicyclic amines) is 1. The van der Waals surface area contributed by atoms with Gasteiger partial charge < -0.3 is 19.1 Å². The molecule has 4 heteroatoms. The van der Waals surface area contributed by atoms with Gasteiger partial charge in [0.25, 0.3) is 0 Å². The van der Waals surface area contributed by atoms with Gasteiger partial charge in [-0.15, -0.1) is 0 Å². The third kappa shape index (κ3) is 6.40. The first kappa shape index (κ1) is 18.1. The highest BCUT2D eigenvalue weighted by Gasteiger charge is 2.08. The minimum atomic E-state index is 0.631. The molecule has 130 valence electrons. The summed E-state index contributed by atoms with van der Waals surface area (Å²) in [6.45, 7) is 5.32. The first-order chi connectivity index (χ1) is 11.3. The first-order valence-electron chi connectivity index (χ1n) is 8.84. The molecule has 0 saturated carbocycles. The molecule has 0 aromatic heterocycles. The molecule has 1 aromatic carbocycles. The fraction of sp³-hybridized carbons (Fsp3) is 0.684. The number of unbranched alkanes of at least 4 members (excludes halogenated alkanes) is 2. The van der Waals surface area contributed by atoms with E-state index in [1.807, 2.05) is 18.2 Å². The summed E-state index contributed by atoms with van der Waals surface area (Å²) in [5.74, 6) is 1.52. The molecule has 2 rings (SSSR count). The predicted octanol–water partition coefficient (Wildman–Crippen LogP) is 3.88. The van der Waals surface area contributed by atoms with Crippen LogP contribution in [-0.4, -0.2) is 45.4 Å². The van der Waals surface area contributed by atoms with E-state index in [1.165, 1.54) is 51.7 Å². The lowest BCUT2D eigenvalue weighted by Gasteiger charge is -2.26.